The monoisotopic (exact) mass is 572 g/mol. The molecule has 2 aromatic rings. The maximum atomic E-state index is 13.3. The lowest BCUT2D eigenvalue weighted by Gasteiger charge is -2.26. The SMILES string of the molecule is COC(=O)[C@H](CSC(C)(C)C)NC(=O)[C@H](CSC(C)(C)C)NC(=O)OCC1c2ccccc2-c2ccccc21. The zero-order chi connectivity index (χ0) is 28.8. The molecule has 1 aliphatic carbocycles. The third-order valence-electron chi connectivity index (χ3n) is 6.12. The van der Waals surface area contributed by atoms with E-state index in [1.165, 1.54) is 7.11 Å². The zero-order valence-electron chi connectivity index (χ0n) is 23.8. The number of carbonyl (C=O) groups excluding carboxylic acids is 3. The molecule has 2 amide bonds. The zero-order valence-corrected chi connectivity index (χ0v) is 25.5. The molecule has 39 heavy (non-hydrogen) atoms. The van der Waals surface area contributed by atoms with Gasteiger partial charge in [-0.3, -0.25) is 4.79 Å². The molecule has 0 saturated carbocycles. The fourth-order valence-corrected chi connectivity index (χ4v) is 6.00. The Bertz CT molecular complexity index is 1130. The Morgan fingerprint density at radius 1 is 0.795 bits per heavy atom. The Balaban J connectivity index is 1.69. The van der Waals surface area contributed by atoms with Crippen LogP contribution in [0.5, 0.6) is 0 Å². The van der Waals surface area contributed by atoms with E-state index < -0.39 is 30.1 Å². The maximum absolute atomic E-state index is 13.3. The van der Waals surface area contributed by atoms with Crippen molar-refractivity contribution in [3.8, 4) is 11.1 Å². The molecule has 0 spiro atoms. The van der Waals surface area contributed by atoms with Gasteiger partial charge >= 0.3 is 12.1 Å². The molecule has 9 heteroatoms. The molecule has 2 aromatic carbocycles. The van der Waals surface area contributed by atoms with Crippen molar-refractivity contribution in [2.24, 2.45) is 0 Å². The Hall–Kier alpha value is -2.65. The predicted octanol–water partition coefficient (Wildman–Crippen LogP) is 5.61. The van der Waals surface area contributed by atoms with Crippen LogP contribution in [0.1, 0.15) is 58.6 Å². The first kappa shape index (κ1) is 30.9. The summed E-state index contributed by atoms with van der Waals surface area (Å²) in [7, 11) is 1.30. The molecule has 0 aliphatic heterocycles. The highest BCUT2D eigenvalue weighted by Gasteiger charge is 2.32. The van der Waals surface area contributed by atoms with Crippen molar-refractivity contribution in [3.63, 3.8) is 0 Å². The predicted molar refractivity (Wildman–Crippen MR) is 160 cm³/mol. The van der Waals surface area contributed by atoms with Crippen LogP contribution in [0.4, 0.5) is 4.79 Å². The lowest BCUT2D eigenvalue weighted by Crippen LogP contribution is -2.54. The molecule has 3 rings (SSSR count). The lowest BCUT2D eigenvalue weighted by atomic mass is 9.98. The third kappa shape index (κ3) is 8.93. The van der Waals surface area contributed by atoms with Gasteiger partial charge in [-0.2, -0.15) is 23.5 Å². The number of hydrogen-bond donors (Lipinski definition) is 2. The van der Waals surface area contributed by atoms with Crippen LogP contribution < -0.4 is 10.6 Å². The van der Waals surface area contributed by atoms with E-state index in [1.807, 2.05) is 65.8 Å². The summed E-state index contributed by atoms with van der Waals surface area (Å²) >= 11 is 3.09. The number of thioether (sulfide) groups is 2. The maximum Gasteiger partial charge on any atom is 0.407 e. The van der Waals surface area contributed by atoms with Crippen LogP contribution in [0, 0.1) is 0 Å². The standard InChI is InChI=1S/C30H40N2O5S2/c1-29(2,3)38-17-24(26(33)31-25(27(34)36-7)18-39-30(4,5)6)32-28(35)37-16-23-21-14-10-8-12-19(21)20-13-9-11-15-22(20)23/h8-15,23-25H,16-18H2,1-7H3,(H,31,33)(H,32,35)/t24-,25-/m0/s1. The Labute approximate surface area is 240 Å². The van der Waals surface area contributed by atoms with Gasteiger partial charge < -0.3 is 20.1 Å². The number of benzene rings is 2. The van der Waals surface area contributed by atoms with Gasteiger partial charge in [0, 0.05) is 26.9 Å². The van der Waals surface area contributed by atoms with Gasteiger partial charge in [-0.25, -0.2) is 9.59 Å². The number of methoxy groups -OCH3 is 1. The average molecular weight is 573 g/mol. The summed E-state index contributed by atoms with van der Waals surface area (Å²) in [6.45, 7) is 12.4. The number of hydrogen-bond acceptors (Lipinski definition) is 7. The fourth-order valence-electron chi connectivity index (χ4n) is 4.22. The minimum atomic E-state index is -0.892. The van der Waals surface area contributed by atoms with Crippen molar-refractivity contribution in [2.45, 2.75) is 69.0 Å². The average Bonchev–Trinajstić information content (AvgIpc) is 3.19. The van der Waals surface area contributed by atoms with E-state index in [2.05, 4.69) is 34.9 Å². The summed E-state index contributed by atoms with van der Waals surface area (Å²) in [6.07, 6.45) is -0.676. The quantitative estimate of drug-likeness (QED) is 0.357. The second-order valence-electron chi connectivity index (χ2n) is 11.5. The van der Waals surface area contributed by atoms with Crippen molar-refractivity contribution in [3.05, 3.63) is 59.7 Å². The number of esters is 1. The number of rotatable bonds is 10. The molecule has 0 bridgehead atoms. The van der Waals surface area contributed by atoms with Gasteiger partial charge in [-0.1, -0.05) is 90.1 Å². The number of amides is 2. The van der Waals surface area contributed by atoms with Gasteiger partial charge in [-0.15, -0.1) is 0 Å². The van der Waals surface area contributed by atoms with Gasteiger partial charge in [0.2, 0.25) is 5.91 Å². The van der Waals surface area contributed by atoms with Gasteiger partial charge in [0.1, 0.15) is 18.7 Å². The van der Waals surface area contributed by atoms with Crippen LogP contribution in [-0.2, 0) is 19.1 Å². The third-order valence-corrected chi connectivity index (χ3v) is 8.85. The van der Waals surface area contributed by atoms with Crippen LogP contribution in [0.3, 0.4) is 0 Å². The summed E-state index contributed by atoms with van der Waals surface area (Å²) in [5.41, 5.74) is 4.51. The Morgan fingerprint density at radius 2 is 1.28 bits per heavy atom. The largest absolute Gasteiger partial charge is 0.467 e. The lowest BCUT2D eigenvalue weighted by molar-refractivity contribution is -0.144. The van der Waals surface area contributed by atoms with Crippen molar-refractivity contribution in [2.75, 3.05) is 25.2 Å². The normalized spacial score (nSPS) is 14.5. The number of ether oxygens (including phenoxy) is 2. The minimum Gasteiger partial charge on any atom is -0.467 e. The molecular weight excluding hydrogens is 532 g/mol. The van der Waals surface area contributed by atoms with Crippen molar-refractivity contribution in [1.82, 2.24) is 10.6 Å². The molecule has 0 radical (unpaired) electrons. The van der Waals surface area contributed by atoms with Crippen molar-refractivity contribution < 1.29 is 23.9 Å². The summed E-state index contributed by atoms with van der Waals surface area (Å²) in [6, 6.07) is 14.5. The molecule has 0 unspecified atom stereocenters. The van der Waals surface area contributed by atoms with Crippen molar-refractivity contribution >= 4 is 41.5 Å². The second kappa shape index (κ2) is 13.1. The smallest absolute Gasteiger partial charge is 0.407 e. The molecule has 1 aliphatic rings. The Morgan fingerprint density at radius 3 is 1.77 bits per heavy atom. The van der Waals surface area contributed by atoms with Crippen LogP contribution in [0.2, 0.25) is 0 Å². The molecule has 2 N–H and O–H groups in total. The molecule has 0 saturated heterocycles. The summed E-state index contributed by atoms with van der Waals surface area (Å²) in [4.78, 5) is 38.7. The molecule has 0 aromatic heterocycles. The molecule has 2 atom stereocenters. The van der Waals surface area contributed by atoms with Gasteiger partial charge in [0.05, 0.1) is 7.11 Å². The van der Waals surface area contributed by atoms with E-state index in [-0.39, 0.29) is 22.0 Å². The van der Waals surface area contributed by atoms with Crippen LogP contribution in [-0.4, -0.2) is 64.8 Å². The van der Waals surface area contributed by atoms with E-state index in [0.29, 0.717) is 11.5 Å². The number of fused-ring (bicyclic) bond motifs is 3. The highest BCUT2D eigenvalue weighted by atomic mass is 32.2. The minimum absolute atomic E-state index is 0.0856. The number of carbonyl (C=O) groups is 3. The van der Waals surface area contributed by atoms with E-state index in [0.717, 1.165) is 22.3 Å². The first-order chi connectivity index (χ1) is 18.3. The van der Waals surface area contributed by atoms with Crippen LogP contribution in [0.25, 0.3) is 11.1 Å². The summed E-state index contributed by atoms with van der Waals surface area (Å²) in [5, 5.41) is 5.53. The molecule has 212 valence electrons. The molecule has 7 nitrogen and oxygen atoms in total. The summed E-state index contributed by atoms with van der Waals surface area (Å²) < 4.78 is 10.4. The molecule has 0 fully saturated rings. The highest BCUT2D eigenvalue weighted by Crippen LogP contribution is 2.44. The first-order valence-corrected chi connectivity index (χ1v) is 15.0. The Kier molecular flexibility index (Phi) is 10.4. The first-order valence-electron chi connectivity index (χ1n) is 13.1. The number of alkyl carbamates (subject to hydrolysis) is 1. The molecule has 0 heterocycles. The van der Waals surface area contributed by atoms with Crippen LogP contribution >= 0.6 is 23.5 Å². The number of nitrogens with one attached hydrogen (secondary N) is 2. The topological polar surface area (TPSA) is 93.7 Å². The van der Waals surface area contributed by atoms with Crippen LogP contribution in [0.15, 0.2) is 48.5 Å². The van der Waals surface area contributed by atoms with E-state index in [4.69, 9.17) is 9.47 Å². The van der Waals surface area contributed by atoms with Crippen molar-refractivity contribution in [1.29, 1.82) is 0 Å². The van der Waals surface area contributed by atoms with E-state index in [1.54, 1.807) is 23.5 Å². The highest BCUT2D eigenvalue weighted by molar-refractivity contribution is 8.00. The van der Waals surface area contributed by atoms with E-state index in [9.17, 15) is 14.4 Å². The fraction of sp³-hybridized carbons (Fsp3) is 0.500. The summed E-state index contributed by atoms with van der Waals surface area (Å²) in [5.74, 6) is -0.391. The van der Waals surface area contributed by atoms with Gasteiger partial charge in [0.15, 0.2) is 0 Å². The van der Waals surface area contributed by atoms with Gasteiger partial charge in [0.25, 0.3) is 0 Å². The van der Waals surface area contributed by atoms with Gasteiger partial charge in [-0.05, 0) is 22.3 Å². The second-order valence-corrected chi connectivity index (χ2v) is 15.1. The van der Waals surface area contributed by atoms with E-state index >= 15 is 0 Å². The molecular formula is C30H40N2O5S2.